The molecule has 2 rings (SSSR count). The van der Waals surface area contributed by atoms with Crippen molar-refractivity contribution in [3.05, 3.63) is 21.9 Å². The van der Waals surface area contributed by atoms with E-state index in [0.717, 1.165) is 6.42 Å². The summed E-state index contributed by atoms with van der Waals surface area (Å²) in [7, 11) is 0. The lowest BCUT2D eigenvalue weighted by atomic mass is 9.98. The number of rotatable bonds is 1. The van der Waals surface area contributed by atoms with Crippen LogP contribution < -0.4 is 0 Å². The fourth-order valence-electron chi connectivity index (χ4n) is 2.14. The number of hydrogen-bond acceptors (Lipinski definition) is 4. The van der Waals surface area contributed by atoms with Gasteiger partial charge < -0.3 is 10.0 Å². The van der Waals surface area contributed by atoms with E-state index in [0.29, 0.717) is 25.9 Å². The van der Waals surface area contributed by atoms with E-state index in [1.807, 2.05) is 0 Å². The smallest absolute Gasteiger partial charge is 0.257 e. The molecule has 1 aromatic rings. The molecule has 104 valence electrons. The Labute approximate surface area is 121 Å². The summed E-state index contributed by atoms with van der Waals surface area (Å²) in [5.74, 6) is -0.223. The Bertz CT molecular complexity index is 494. The van der Waals surface area contributed by atoms with Crippen LogP contribution in [0.15, 0.2) is 6.07 Å². The lowest BCUT2D eigenvalue weighted by Crippen LogP contribution is -2.33. The van der Waals surface area contributed by atoms with Crippen molar-refractivity contribution >= 4 is 29.1 Å². The van der Waals surface area contributed by atoms with Gasteiger partial charge in [-0.15, -0.1) is 10.2 Å². The molecule has 0 aromatic carbocycles. The molecule has 0 spiro atoms. The van der Waals surface area contributed by atoms with Gasteiger partial charge in [-0.05, 0) is 32.3 Å². The highest BCUT2D eigenvalue weighted by Crippen LogP contribution is 2.24. The zero-order valence-electron chi connectivity index (χ0n) is 10.6. The van der Waals surface area contributed by atoms with E-state index in [9.17, 15) is 9.90 Å². The normalized spacial score (nSPS) is 24.1. The summed E-state index contributed by atoms with van der Waals surface area (Å²) in [6.07, 6.45) is 1.98. The van der Waals surface area contributed by atoms with Gasteiger partial charge in [0.05, 0.1) is 11.2 Å². The highest BCUT2D eigenvalue weighted by Gasteiger charge is 2.28. The Hall–Kier alpha value is -0.910. The number of likely N-dealkylation sites (tertiary alicyclic amines) is 1. The van der Waals surface area contributed by atoms with E-state index in [-0.39, 0.29) is 21.8 Å². The number of carbonyl (C=O) groups is 1. The standard InChI is InChI=1S/C12H15Cl2N3O2/c1-12(19)3-2-5-17(6-4-12)11(18)8-7-9(13)15-16-10(8)14/h7,19H,2-6H2,1H3. The summed E-state index contributed by atoms with van der Waals surface area (Å²) in [4.78, 5) is 14.0. The fraction of sp³-hybridized carbons (Fsp3) is 0.583. The van der Waals surface area contributed by atoms with Gasteiger partial charge in [-0.25, -0.2) is 0 Å². The van der Waals surface area contributed by atoms with Gasteiger partial charge in [-0.3, -0.25) is 4.79 Å². The lowest BCUT2D eigenvalue weighted by molar-refractivity contribution is 0.0438. The predicted molar refractivity (Wildman–Crippen MR) is 72.4 cm³/mol. The van der Waals surface area contributed by atoms with Gasteiger partial charge in [-0.1, -0.05) is 23.2 Å². The van der Waals surface area contributed by atoms with Crippen molar-refractivity contribution in [3.63, 3.8) is 0 Å². The maximum absolute atomic E-state index is 12.4. The first kappa shape index (κ1) is 14.5. The Morgan fingerprint density at radius 3 is 2.84 bits per heavy atom. The SMILES string of the molecule is CC1(O)CCCN(C(=O)c2cc(Cl)nnc2Cl)CC1. The number of carbonyl (C=O) groups excluding carboxylic acids is 1. The number of aliphatic hydroxyl groups is 1. The van der Waals surface area contributed by atoms with Crippen LogP contribution in [-0.2, 0) is 0 Å². The first-order valence-electron chi connectivity index (χ1n) is 6.09. The monoisotopic (exact) mass is 303 g/mol. The molecule has 1 saturated heterocycles. The van der Waals surface area contributed by atoms with Crippen LogP contribution in [0.1, 0.15) is 36.5 Å². The van der Waals surface area contributed by atoms with Crippen molar-refractivity contribution in [1.82, 2.24) is 15.1 Å². The zero-order valence-corrected chi connectivity index (χ0v) is 12.1. The van der Waals surface area contributed by atoms with E-state index in [1.165, 1.54) is 6.07 Å². The van der Waals surface area contributed by atoms with Crippen LogP contribution in [0.2, 0.25) is 10.3 Å². The van der Waals surface area contributed by atoms with E-state index >= 15 is 0 Å². The van der Waals surface area contributed by atoms with E-state index in [1.54, 1.807) is 11.8 Å². The van der Waals surface area contributed by atoms with Crippen LogP contribution >= 0.6 is 23.2 Å². The zero-order chi connectivity index (χ0) is 14.0. The van der Waals surface area contributed by atoms with Gasteiger partial charge in [0.25, 0.3) is 5.91 Å². The van der Waals surface area contributed by atoms with Gasteiger partial charge in [0, 0.05) is 13.1 Å². The molecule has 1 amide bonds. The summed E-state index contributed by atoms with van der Waals surface area (Å²) < 4.78 is 0. The molecule has 0 bridgehead atoms. The van der Waals surface area contributed by atoms with Crippen LogP contribution in [0.5, 0.6) is 0 Å². The number of aromatic nitrogens is 2. The van der Waals surface area contributed by atoms with Gasteiger partial charge in [0.2, 0.25) is 0 Å². The van der Waals surface area contributed by atoms with Crippen molar-refractivity contribution < 1.29 is 9.90 Å². The minimum Gasteiger partial charge on any atom is -0.390 e. The van der Waals surface area contributed by atoms with Crippen molar-refractivity contribution in [3.8, 4) is 0 Å². The number of nitrogens with zero attached hydrogens (tertiary/aromatic N) is 3. The van der Waals surface area contributed by atoms with Gasteiger partial charge in [0.15, 0.2) is 10.3 Å². The number of hydrogen-bond donors (Lipinski definition) is 1. The third-order valence-electron chi connectivity index (χ3n) is 3.30. The maximum Gasteiger partial charge on any atom is 0.257 e. The minimum absolute atomic E-state index is 0.0467. The molecule has 1 fully saturated rings. The van der Waals surface area contributed by atoms with E-state index in [4.69, 9.17) is 23.2 Å². The molecule has 1 N–H and O–H groups in total. The molecule has 1 aliphatic heterocycles. The van der Waals surface area contributed by atoms with E-state index < -0.39 is 5.60 Å². The van der Waals surface area contributed by atoms with Crippen LogP contribution in [-0.4, -0.2) is 44.8 Å². The number of halogens is 2. The second-order valence-electron chi connectivity index (χ2n) is 5.01. The largest absolute Gasteiger partial charge is 0.390 e. The molecule has 0 radical (unpaired) electrons. The third kappa shape index (κ3) is 3.55. The highest BCUT2D eigenvalue weighted by atomic mass is 35.5. The molecule has 7 heteroatoms. The second kappa shape index (κ2) is 5.61. The molecular weight excluding hydrogens is 289 g/mol. The Morgan fingerprint density at radius 2 is 2.11 bits per heavy atom. The average molecular weight is 304 g/mol. The second-order valence-corrected chi connectivity index (χ2v) is 5.76. The van der Waals surface area contributed by atoms with Crippen LogP contribution in [0.3, 0.4) is 0 Å². The van der Waals surface area contributed by atoms with Crippen molar-refractivity contribution in [2.24, 2.45) is 0 Å². The summed E-state index contributed by atoms with van der Waals surface area (Å²) in [6.45, 7) is 2.87. The Balaban J connectivity index is 2.17. The quantitative estimate of drug-likeness (QED) is 0.863. The van der Waals surface area contributed by atoms with Gasteiger partial charge in [-0.2, -0.15) is 0 Å². The lowest BCUT2D eigenvalue weighted by Gasteiger charge is -2.22. The maximum atomic E-state index is 12.4. The van der Waals surface area contributed by atoms with Crippen LogP contribution in [0.4, 0.5) is 0 Å². The molecular formula is C12H15Cl2N3O2. The van der Waals surface area contributed by atoms with Crippen molar-refractivity contribution in [1.29, 1.82) is 0 Å². The van der Waals surface area contributed by atoms with Crippen LogP contribution in [0.25, 0.3) is 0 Å². The predicted octanol–water partition coefficient (Wildman–Crippen LogP) is 2.16. The average Bonchev–Trinajstić information content (AvgIpc) is 2.52. The van der Waals surface area contributed by atoms with Gasteiger partial charge in [0.1, 0.15) is 0 Å². The Morgan fingerprint density at radius 1 is 1.37 bits per heavy atom. The van der Waals surface area contributed by atoms with Crippen molar-refractivity contribution in [2.45, 2.75) is 31.8 Å². The molecule has 1 aromatic heterocycles. The summed E-state index contributed by atoms with van der Waals surface area (Å²) in [5.41, 5.74) is -0.462. The highest BCUT2D eigenvalue weighted by molar-refractivity contribution is 6.34. The Kier molecular flexibility index (Phi) is 4.28. The third-order valence-corrected chi connectivity index (χ3v) is 3.76. The molecule has 19 heavy (non-hydrogen) atoms. The first-order chi connectivity index (χ1) is 8.89. The fourth-order valence-corrected chi connectivity index (χ4v) is 2.46. The molecule has 1 atom stereocenters. The molecule has 2 heterocycles. The molecule has 0 saturated carbocycles. The first-order valence-corrected chi connectivity index (χ1v) is 6.85. The minimum atomic E-state index is -0.715. The van der Waals surface area contributed by atoms with Crippen molar-refractivity contribution in [2.75, 3.05) is 13.1 Å². The molecule has 5 nitrogen and oxygen atoms in total. The van der Waals surface area contributed by atoms with E-state index in [2.05, 4.69) is 10.2 Å². The van der Waals surface area contributed by atoms with Crippen LogP contribution in [0, 0.1) is 0 Å². The number of amides is 1. The molecule has 1 aliphatic rings. The summed E-state index contributed by atoms with van der Waals surface area (Å²) in [6, 6.07) is 1.42. The molecule has 0 aliphatic carbocycles. The summed E-state index contributed by atoms with van der Waals surface area (Å²) in [5, 5.41) is 17.4. The topological polar surface area (TPSA) is 66.3 Å². The molecule has 1 unspecified atom stereocenters. The summed E-state index contributed by atoms with van der Waals surface area (Å²) >= 11 is 11.6. The van der Waals surface area contributed by atoms with Gasteiger partial charge >= 0.3 is 0 Å².